The Hall–Kier alpha value is -1.88. The minimum atomic E-state index is -0.0844. The molecule has 1 N–H and O–H groups in total. The first-order valence-electron chi connectivity index (χ1n) is 7.14. The maximum atomic E-state index is 11.1. The molecule has 106 valence electrons. The lowest BCUT2D eigenvalue weighted by atomic mass is 10.0. The fourth-order valence-corrected chi connectivity index (χ4v) is 2.87. The summed E-state index contributed by atoms with van der Waals surface area (Å²) in [6, 6.07) is 3.93. The first-order valence-corrected chi connectivity index (χ1v) is 7.14. The molecule has 0 amide bonds. The van der Waals surface area contributed by atoms with Crippen LogP contribution in [-0.4, -0.2) is 39.1 Å². The molecule has 0 aromatic carbocycles. The first-order chi connectivity index (χ1) is 9.74. The fraction of sp³-hybridized carbons (Fsp3) is 0.467. The van der Waals surface area contributed by atoms with Crippen LogP contribution in [0.1, 0.15) is 19.3 Å². The van der Waals surface area contributed by atoms with Gasteiger partial charge in [-0.1, -0.05) is 6.42 Å². The van der Waals surface area contributed by atoms with E-state index in [1.807, 2.05) is 18.5 Å². The van der Waals surface area contributed by atoms with Crippen molar-refractivity contribution < 1.29 is 0 Å². The number of pyridine rings is 1. The Morgan fingerprint density at radius 2 is 2.30 bits per heavy atom. The Morgan fingerprint density at radius 1 is 1.40 bits per heavy atom. The summed E-state index contributed by atoms with van der Waals surface area (Å²) in [7, 11) is 2.19. The smallest absolute Gasteiger partial charge is 0.247 e. The summed E-state index contributed by atoms with van der Waals surface area (Å²) in [5.41, 5.74) is 0.868. The van der Waals surface area contributed by atoms with Crippen molar-refractivity contribution in [1.29, 1.82) is 0 Å². The van der Waals surface area contributed by atoms with E-state index in [1.54, 1.807) is 12.3 Å². The Morgan fingerprint density at radius 3 is 3.05 bits per heavy atom. The molecule has 2 aromatic rings. The average molecular weight is 272 g/mol. The Labute approximate surface area is 118 Å². The summed E-state index contributed by atoms with van der Waals surface area (Å²) in [5.74, 6) is 0.917. The predicted molar refractivity (Wildman–Crippen MR) is 78.6 cm³/mol. The maximum Gasteiger partial charge on any atom is 0.247 e. The molecular weight excluding hydrogens is 252 g/mol. The summed E-state index contributed by atoms with van der Waals surface area (Å²) in [5, 5.41) is 0. The molecule has 3 rings (SSSR count). The number of likely N-dealkylation sites (tertiary alicyclic amines) is 1. The van der Waals surface area contributed by atoms with E-state index < -0.39 is 0 Å². The third-order valence-corrected chi connectivity index (χ3v) is 4.09. The molecule has 1 fully saturated rings. The largest absolute Gasteiger partial charge is 0.329 e. The normalized spacial score (nSPS) is 20.1. The number of likely N-dealkylation sites (N-methyl/N-ethyl adjacent to an activating group) is 1. The summed E-state index contributed by atoms with van der Waals surface area (Å²) in [4.78, 5) is 20.7. The van der Waals surface area contributed by atoms with Crippen LogP contribution < -0.4 is 5.56 Å². The van der Waals surface area contributed by atoms with Crippen molar-refractivity contribution in [1.82, 2.24) is 19.4 Å². The molecule has 1 unspecified atom stereocenters. The van der Waals surface area contributed by atoms with Gasteiger partial charge in [-0.05, 0) is 32.5 Å². The first kappa shape index (κ1) is 13.1. The molecule has 1 saturated heterocycles. The number of nitrogens with one attached hydrogen (secondary N) is 1. The van der Waals surface area contributed by atoms with Crippen LogP contribution in [0.4, 0.5) is 0 Å². The van der Waals surface area contributed by atoms with Gasteiger partial charge in [-0.3, -0.25) is 4.79 Å². The van der Waals surface area contributed by atoms with E-state index in [4.69, 9.17) is 0 Å². The minimum Gasteiger partial charge on any atom is -0.329 e. The van der Waals surface area contributed by atoms with Gasteiger partial charge in [0.05, 0.1) is 0 Å². The molecule has 2 aromatic heterocycles. The SMILES string of the molecule is CN1CCCCC1Cn1ccnc1-c1ccc(=O)[nH]c1. The Balaban J connectivity index is 1.83. The lowest BCUT2D eigenvalue weighted by Gasteiger charge is -2.33. The quantitative estimate of drug-likeness (QED) is 0.925. The van der Waals surface area contributed by atoms with Crippen LogP contribution in [-0.2, 0) is 6.54 Å². The minimum absolute atomic E-state index is 0.0844. The molecule has 1 atom stereocenters. The van der Waals surface area contributed by atoms with Crippen molar-refractivity contribution in [3.05, 3.63) is 41.1 Å². The van der Waals surface area contributed by atoms with Crippen molar-refractivity contribution in [2.24, 2.45) is 0 Å². The molecule has 3 heterocycles. The Kier molecular flexibility index (Phi) is 3.69. The lowest BCUT2D eigenvalue weighted by molar-refractivity contribution is 0.168. The van der Waals surface area contributed by atoms with Crippen LogP contribution in [0.2, 0.25) is 0 Å². The molecule has 1 aliphatic heterocycles. The zero-order chi connectivity index (χ0) is 13.9. The van der Waals surface area contributed by atoms with Crippen molar-refractivity contribution >= 4 is 0 Å². The zero-order valence-corrected chi connectivity index (χ0v) is 11.7. The van der Waals surface area contributed by atoms with Crippen LogP contribution in [0.25, 0.3) is 11.4 Å². The van der Waals surface area contributed by atoms with E-state index >= 15 is 0 Å². The number of rotatable bonds is 3. The molecule has 20 heavy (non-hydrogen) atoms. The standard InChI is InChI=1S/C15H20N4O/c1-18-8-3-2-4-13(18)11-19-9-7-16-15(19)12-5-6-14(20)17-10-12/h5-7,9-10,13H,2-4,8,11H2,1H3,(H,17,20). The highest BCUT2D eigenvalue weighted by Gasteiger charge is 2.20. The summed E-state index contributed by atoms with van der Waals surface area (Å²) in [6.07, 6.45) is 9.40. The average Bonchev–Trinajstić information content (AvgIpc) is 2.90. The van der Waals surface area contributed by atoms with Gasteiger partial charge in [-0.15, -0.1) is 0 Å². The molecular formula is C15H20N4O. The van der Waals surface area contributed by atoms with E-state index in [9.17, 15) is 4.79 Å². The second kappa shape index (κ2) is 5.63. The van der Waals surface area contributed by atoms with Crippen LogP contribution in [0, 0.1) is 0 Å². The zero-order valence-electron chi connectivity index (χ0n) is 11.7. The summed E-state index contributed by atoms with van der Waals surface area (Å²) >= 11 is 0. The molecule has 0 aliphatic carbocycles. The number of imidazole rings is 1. The second-order valence-electron chi connectivity index (χ2n) is 5.48. The molecule has 1 aliphatic rings. The molecule has 0 spiro atoms. The third-order valence-electron chi connectivity index (χ3n) is 4.09. The highest BCUT2D eigenvalue weighted by molar-refractivity contribution is 5.53. The van der Waals surface area contributed by atoms with E-state index in [0.29, 0.717) is 6.04 Å². The topological polar surface area (TPSA) is 53.9 Å². The summed E-state index contributed by atoms with van der Waals surface area (Å²) < 4.78 is 2.18. The molecule has 0 radical (unpaired) electrons. The van der Waals surface area contributed by atoms with Gasteiger partial charge in [0.1, 0.15) is 5.82 Å². The van der Waals surface area contributed by atoms with Gasteiger partial charge in [0.15, 0.2) is 0 Å². The number of hydrogen-bond acceptors (Lipinski definition) is 3. The molecule has 0 saturated carbocycles. The van der Waals surface area contributed by atoms with E-state index in [-0.39, 0.29) is 5.56 Å². The van der Waals surface area contributed by atoms with E-state index in [1.165, 1.54) is 25.8 Å². The molecule has 0 bridgehead atoms. The van der Waals surface area contributed by atoms with E-state index in [0.717, 1.165) is 17.9 Å². The van der Waals surface area contributed by atoms with Crippen LogP contribution >= 0.6 is 0 Å². The number of piperidine rings is 1. The van der Waals surface area contributed by atoms with Crippen molar-refractivity contribution in [2.45, 2.75) is 31.8 Å². The monoisotopic (exact) mass is 272 g/mol. The number of H-pyrrole nitrogens is 1. The summed E-state index contributed by atoms with van der Waals surface area (Å²) in [6.45, 7) is 2.12. The van der Waals surface area contributed by atoms with Crippen molar-refractivity contribution in [3.8, 4) is 11.4 Å². The predicted octanol–water partition coefficient (Wildman–Crippen LogP) is 1.72. The Bertz CT molecular complexity index is 610. The van der Waals surface area contributed by atoms with Gasteiger partial charge in [0, 0.05) is 42.8 Å². The number of aromatic amines is 1. The van der Waals surface area contributed by atoms with Crippen molar-refractivity contribution in [3.63, 3.8) is 0 Å². The van der Waals surface area contributed by atoms with Crippen molar-refractivity contribution in [2.75, 3.05) is 13.6 Å². The number of aromatic nitrogens is 3. The van der Waals surface area contributed by atoms with E-state index in [2.05, 4.69) is 26.5 Å². The second-order valence-corrected chi connectivity index (χ2v) is 5.48. The van der Waals surface area contributed by atoms with Gasteiger partial charge in [0.2, 0.25) is 5.56 Å². The van der Waals surface area contributed by atoms with Gasteiger partial charge >= 0.3 is 0 Å². The number of nitrogens with zero attached hydrogens (tertiary/aromatic N) is 3. The van der Waals surface area contributed by atoms with Gasteiger partial charge in [-0.2, -0.15) is 0 Å². The number of hydrogen-bond donors (Lipinski definition) is 1. The molecule has 5 heteroatoms. The maximum absolute atomic E-state index is 11.1. The van der Waals surface area contributed by atoms with Crippen LogP contribution in [0.3, 0.4) is 0 Å². The fourth-order valence-electron chi connectivity index (χ4n) is 2.87. The lowest BCUT2D eigenvalue weighted by Crippen LogP contribution is -2.39. The van der Waals surface area contributed by atoms with Gasteiger partial charge < -0.3 is 14.5 Å². The third kappa shape index (κ3) is 2.67. The van der Waals surface area contributed by atoms with Gasteiger partial charge in [-0.25, -0.2) is 4.98 Å². The van der Waals surface area contributed by atoms with Crippen LogP contribution in [0.15, 0.2) is 35.5 Å². The highest BCUT2D eigenvalue weighted by Crippen LogP contribution is 2.20. The van der Waals surface area contributed by atoms with Crippen LogP contribution in [0.5, 0.6) is 0 Å². The van der Waals surface area contributed by atoms with Gasteiger partial charge in [0.25, 0.3) is 0 Å². The highest BCUT2D eigenvalue weighted by atomic mass is 16.1. The molecule has 5 nitrogen and oxygen atoms in total.